The third-order valence-corrected chi connectivity index (χ3v) is 3.82. The summed E-state index contributed by atoms with van der Waals surface area (Å²) in [6.45, 7) is 5.54. The molecule has 0 saturated carbocycles. The lowest BCUT2D eigenvalue weighted by Crippen LogP contribution is -1.99. The summed E-state index contributed by atoms with van der Waals surface area (Å²) in [4.78, 5) is 0. The predicted molar refractivity (Wildman–Crippen MR) is 89.9 cm³/mol. The fourth-order valence-electron chi connectivity index (χ4n) is 2.41. The van der Waals surface area contributed by atoms with E-state index in [1.165, 1.54) is 16.3 Å². The zero-order valence-electron chi connectivity index (χ0n) is 12.8. The highest BCUT2D eigenvalue weighted by molar-refractivity contribution is 6.17. The quantitative estimate of drug-likeness (QED) is 0.484. The van der Waals surface area contributed by atoms with Gasteiger partial charge >= 0.3 is 0 Å². The Hall–Kier alpha value is -1.41. The monoisotopic (exact) mass is 306 g/mol. The Morgan fingerprint density at radius 2 is 1.86 bits per heavy atom. The predicted octanol–water partition coefficient (Wildman–Crippen LogP) is 5.33. The largest absolute Gasteiger partial charge is 0.494 e. The number of hydrogen-bond donors (Lipinski definition) is 0. The summed E-state index contributed by atoms with van der Waals surface area (Å²) in [6, 6.07) is 10.4. The Bertz CT molecular complexity index is 581. The van der Waals surface area contributed by atoms with Gasteiger partial charge in [-0.1, -0.05) is 12.1 Å². The number of hydrogen-bond acceptors (Lipinski definition) is 2. The van der Waals surface area contributed by atoms with Crippen molar-refractivity contribution >= 4 is 22.4 Å². The molecule has 2 rings (SSSR count). The number of fused-ring (bicyclic) bond motifs is 1. The molecule has 0 unspecified atom stereocenters. The Labute approximate surface area is 132 Å². The van der Waals surface area contributed by atoms with E-state index in [-0.39, 0.29) is 0 Å². The summed E-state index contributed by atoms with van der Waals surface area (Å²) in [7, 11) is 0. The van der Waals surface area contributed by atoms with Crippen LogP contribution in [-0.4, -0.2) is 19.1 Å². The number of benzene rings is 2. The van der Waals surface area contributed by atoms with Crippen molar-refractivity contribution in [2.24, 2.45) is 0 Å². The molecular formula is C18H23ClO2. The maximum Gasteiger partial charge on any atom is 0.122 e. The molecule has 0 aliphatic carbocycles. The zero-order chi connectivity index (χ0) is 15.1. The number of halogens is 1. The van der Waals surface area contributed by atoms with Gasteiger partial charge in [-0.25, -0.2) is 0 Å². The lowest BCUT2D eigenvalue weighted by atomic mass is 10.0. The van der Waals surface area contributed by atoms with Crippen LogP contribution in [0.3, 0.4) is 0 Å². The summed E-state index contributed by atoms with van der Waals surface area (Å²) in [5.41, 5.74) is 1.19. The Balaban J connectivity index is 2.08. The highest BCUT2D eigenvalue weighted by Gasteiger charge is 2.06. The molecule has 0 radical (unpaired) electrons. The first-order valence-electron chi connectivity index (χ1n) is 7.61. The summed E-state index contributed by atoms with van der Waals surface area (Å²) >= 11 is 5.67. The molecule has 2 aromatic rings. The van der Waals surface area contributed by atoms with Gasteiger partial charge in [0.1, 0.15) is 11.5 Å². The van der Waals surface area contributed by atoms with Gasteiger partial charge in [0.05, 0.1) is 13.2 Å². The van der Waals surface area contributed by atoms with Crippen molar-refractivity contribution < 1.29 is 9.47 Å². The number of unbranched alkanes of at least 4 members (excludes halogenated alkanes) is 2. The van der Waals surface area contributed by atoms with Crippen molar-refractivity contribution in [3.63, 3.8) is 0 Å². The molecule has 0 saturated heterocycles. The molecule has 0 spiro atoms. The lowest BCUT2D eigenvalue weighted by Gasteiger charge is -2.12. The minimum Gasteiger partial charge on any atom is -0.494 e. The van der Waals surface area contributed by atoms with Crippen LogP contribution >= 0.6 is 11.6 Å². The van der Waals surface area contributed by atoms with Crippen molar-refractivity contribution in [3.8, 4) is 11.5 Å². The first-order chi connectivity index (χ1) is 10.3. The molecule has 114 valence electrons. The maximum atomic E-state index is 5.89. The van der Waals surface area contributed by atoms with Crippen LogP contribution in [0.25, 0.3) is 10.8 Å². The molecule has 3 heteroatoms. The molecule has 0 bridgehead atoms. The van der Waals surface area contributed by atoms with Crippen molar-refractivity contribution in [2.75, 3.05) is 19.1 Å². The van der Waals surface area contributed by atoms with Crippen LogP contribution in [0.15, 0.2) is 30.3 Å². The van der Waals surface area contributed by atoms with Crippen LogP contribution in [0.4, 0.5) is 0 Å². The van der Waals surface area contributed by atoms with Gasteiger partial charge in [0.15, 0.2) is 0 Å². The standard InChI is InChI=1S/C18H23ClO2/c1-3-20-16-8-9-17-14(2)18(10-7-15(17)13-16)21-12-6-4-5-11-19/h7-10,13H,3-6,11-12H2,1-2H3. The van der Waals surface area contributed by atoms with Gasteiger partial charge in [-0.3, -0.25) is 0 Å². The van der Waals surface area contributed by atoms with E-state index in [4.69, 9.17) is 21.1 Å². The molecule has 0 aliphatic heterocycles. The molecule has 0 N–H and O–H groups in total. The van der Waals surface area contributed by atoms with Crippen LogP contribution in [0.2, 0.25) is 0 Å². The second-order valence-corrected chi connectivity index (χ2v) is 5.48. The highest BCUT2D eigenvalue weighted by Crippen LogP contribution is 2.30. The van der Waals surface area contributed by atoms with Gasteiger partial charge in [0.25, 0.3) is 0 Å². The topological polar surface area (TPSA) is 18.5 Å². The van der Waals surface area contributed by atoms with Gasteiger partial charge in [-0.15, -0.1) is 11.6 Å². The minimum absolute atomic E-state index is 0.688. The maximum absolute atomic E-state index is 5.89. The molecule has 21 heavy (non-hydrogen) atoms. The molecule has 2 nitrogen and oxygen atoms in total. The van der Waals surface area contributed by atoms with Gasteiger partial charge in [-0.2, -0.15) is 0 Å². The first kappa shape index (κ1) is 16.0. The average Bonchev–Trinajstić information content (AvgIpc) is 2.49. The van der Waals surface area contributed by atoms with Crippen molar-refractivity contribution in [1.82, 2.24) is 0 Å². The summed E-state index contributed by atoms with van der Waals surface area (Å²) in [5, 5.41) is 2.41. The number of ether oxygens (including phenoxy) is 2. The van der Waals surface area contributed by atoms with Crippen LogP contribution < -0.4 is 9.47 Å². The second kappa shape index (κ2) is 8.14. The van der Waals surface area contributed by atoms with Crippen molar-refractivity contribution in [1.29, 1.82) is 0 Å². The minimum atomic E-state index is 0.688. The zero-order valence-corrected chi connectivity index (χ0v) is 13.6. The van der Waals surface area contributed by atoms with Crippen molar-refractivity contribution in [3.05, 3.63) is 35.9 Å². The fraction of sp³-hybridized carbons (Fsp3) is 0.444. The van der Waals surface area contributed by atoms with Crippen molar-refractivity contribution in [2.45, 2.75) is 33.1 Å². The Morgan fingerprint density at radius 3 is 2.62 bits per heavy atom. The summed E-state index contributed by atoms with van der Waals surface area (Å²) in [6.07, 6.45) is 3.23. The Morgan fingerprint density at radius 1 is 1.00 bits per heavy atom. The molecule has 0 fully saturated rings. The summed E-state index contributed by atoms with van der Waals surface area (Å²) < 4.78 is 11.4. The third kappa shape index (κ3) is 4.28. The highest BCUT2D eigenvalue weighted by atomic mass is 35.5. The van der Waals surface area contributed by atoms with E-state index in [0.717, 1.165) is 43.2 Å². The third-order valence-electron chi connectivity index (χ3n) is 3.56. The normalized spacial score (nSPS) is 10.8. The van der Waals surface area contributed by atoms with E-state index in [1.54, 1.807) is 0 Å². The molecule has 0 heterocycles. The van der Waals surface area contributed by atoms with Crippen LogP contribution in [0, 0.1) is 6.92 Å². The van der Waals surface area contributed by atoms with Gasteiger partial charge in [0, 0.05) is 5.88 Å². The molecule has 0 aromatic heterocycles. The summed E-state index contributed by atoms with van der Waals surface area (Å²) in [5.74, 6) is 2.62. The molecule has 2 aromatic carbocycles. The van der Waals surface area contributed by atoms with E-state index in [9.17, 15) is 0 Å². The number of rotatable bonds is 8. The van der Waals surface area contributed by atoms with E-state index in [2.05, 4.69) is 31.2 Å². The number of aryl methyl sites for hydroxylation is 1. The molecule has 0 aliphatic rings. The lowest BCUT2D eigenvalue weighted by molar-refractivity contribution is 0.305. The van der Waals surface area contributed by atoms with Gasteiger partial charge < -0.3 is 9.47 Å². The molecule has 0 atom stereocenters. The average molecular weight is 307 g/mol. The molecule has 0 amide bonds. The second-order valence-electron chi connectivity index (χ2n) is 5.10. The van der Waals surface area contributed by atoms with Gasteiger partial charge in [0.2, 0.25) is 0 Å². The van der Waals surface area contributed by atoms with E-state index in [0.29, 0.717) is 6.61 Å². The van der Waals surface area contributed by atoms with Crippen LogP contribution in [0.1, 0.15) is 31.7 Å². The van der Waals surface area contributed by atoms with E-state index >= 15 is 0 Å². The SMILES string of the molecule is CCOc1ccc2c(C)c(OCCCCCCl)ccc2c1. The van der Waals surface area contributed by atoms with E-state index in [1.807, 2.05) is 13.0 Å². The molecular weight excluding hydrogens is 284 g/mol. The van der Waals surface area contributed by atoms with Gasteiger partial charge in [-0.05, 0) is 67.6 Å². The number of alkyl halides is 1. The van der Waals surface area contributed by atoms with Crippen LogP contribution in [0.5, 0.6) is 11.5 Å². The first-order valence-corrected chi connectivity index (χ1v) is 8.14. The fourth-order valence-corrected chi connectivity index (χ4v) is 2.60. The smallest absolute Gasteiger partial charge is 0.122 e. The Kier molecular flexibility index (Phi) is 6.19. The van der Waals surface area contributed by atoms with Crippen LogP contribution in [-0.2, 0) is 0 Å². The van der Waals surface area contributed by atoms with E-state index < -0.39 is 0 Å².